The average molecular weight is 1080 g/mol. The zero-order valence-corrected chi connectivity index (χ0v) is 48.0. The molecule has 4 aromatic rings. The van der Waals surface area contributed by atoms with Gasteiger partial charge in [-0.3, -0.25) is 43.9 Å². The summed E-state index contributed by atoms with van der Waals surface area (Å²) in [7, 11) is 6.47. The van der Waals surface area contributed by atoms with E-state index in [1.54, 1.807) is 26.0 Å². The van der Waals surface area contributed by atoms with E-state index in [4.69, 9.17) is 19.0 Å². The molecule has 2 fully saturated rings. The van der Waals surface area contributed by atoms with Gasteiger partial charge in [0.15, 0.2) is 0 Å². The summed E-state index contributed by atoms with van der Waals surface area (Å²) in [5.41, 5.74) is 6.05. The number of fused-ring (bicyclic) bond motifs is 4. The van der Waals surface area contributed by atoms with E-state index in [2.05, 4.69) is 29.7 Å². The van der Waals surface area contributed by atoms with Crippen molar-refractivity contribution in [2.45, 2.75) is 147 Å². The summed E-state index contributed by atoms with van der Waals surface area (Å²) in [4.78, 5) is 97.6. The molecule has 0 aromatic heterocycles. The van der Waals surface area contributed by atoms with Gasteiger partial charge >= 0.3 is 6.09 Å². The number of nitrogens with zero attached hydrogens (tertiary/aromatic N) is 4. The number of methoxy groups -OCH3 is 2. The quantitative estimate of drug-likeness (QED) is 0.0772. The summed E-state index contributed by atoms with van der Waals surface area (Å²) < 4.78 is 18.3. The van der Waals surface area contributed by atoms with Gasteiger partial charge < -0.3 is 24.4 Å². The van der Waals surface area contributed by atoms with Gasteiger partial charge in [0.2, 0.25) is 23.6 Å². The molecule has 0 spiro atoms. The van der Waals surface area contributed by atoms with Crippen LogP contribution in [0, 0.1) is 23.7 Å². The fourth-order valence-corrected chi connectivity index (χ4v) is 13.0. The minimum Gasteiger partial charge on any atom is -0.448 e. The van der Waals surface area contributed by atoms with E-state index in [1.807, 2.05) is 138 Å². The number of hydroxylamine groups is 2. The van der Waals surface area contributed by atoms with Crippen LogP contribution in [-0.4, -0.2) is 139 Å². The normalized spacial score (nSPS) is 21.2. The zero-order valence-electron chi connectivity index (χ0n) is 48.0. The maximum Gasteiger partial charge on any atom is 0.410 e. The first-order valence-electron chi connectivity index (χ1n) is 28.2. The Hall–Kier alpha value is -6.46. The largest absolute Gasteiger partial charge is 0.448 e. The fraction of sp³-hybridized carbons (Fsp3) is 0.524. The predicted octanol–water partition coefficient (Wildman–Crippen LogP) is 8.47. The second-order valence-electron chi connectivity index (χ2n) is 23.0. The second kappa shape index (κ2) is 25.3. The first kappa shape index (κ1) is 58.7. The third-order valence-electron chi connectivity index (χ3n) is 17.4. The Bertz CT molecular complexity index is 2780. The Morgan fingerprint density at radius 1 is 0.747 bits per heavy atom. The molecule has 16 nitrogen and oxygen atoms in total. The fourth-order valence-electron chi connectivity index (χ4n) is 13.0. The van der Waals surface area contributed by atoms with E-state index in [0.717, 1.165) is 38.9 Å². The van der Waals surface area contributed by atoms with Gasteiger partial charge in [-0.05, 0) is 83.0 Å². The highest BCUT2D eigenvalue weighted by Crippen LogP contribution is 2.53. The smallest absolute Gasteiger partial charge is 0.410 e. The topological polar surface area (TPSA) is 176 Å². The number of likely N-dealkylation sites (N-methyl/N-ethyl adjacent to an activating group) is 2. The lowest BCUT2D eigenvalue weighted by Crippen LogP contribution is -2.60. The van der Waals surface area contributed by atoms with Crippen LogP contribution in [0.3, 0.4) is 0 Å². The number of nitrogens with one attached hydrogen (secondary N) is 2. The van der Waals surface area contributed by atoms with Crippen molar-refractivity contribution >= 4 is 35.6 Å². The van der Waals surface area contributed by atoms with Crippen LogP contribution in [0.1, 0.15) is 120 Å². The van der Waals surface area contributed by atoms with E-state index in [0.29, 0.717) is 32.2 Å². The van der Waals surface area contributed by atoms with Gasteiger partial charge in [0.25, 0.3) is 5.91 Å². The molecule has 4 aliphatic rings. The van der Waals surface area contributed by atoms with Crippen molar-refractivity contribution in [1.29, 1.82) is 0 Å². The molecule has 1 saturated carbocycles. The van der Waals surface area contributed by atoms with Gasteiger partial charge in [-0.15, -0.1) is 0 Å². The van der Waals surface area contributed by atoms with Gasteiger partial charge in [0.1, 0.15) is 24.8 Å². The summed E-state index contributed by atoms with van der Waals surface area (Å²) in [6.45, 7) is 14.4. The van der Waals surface area contributed by atoms with Crippen LogP contribution in [0.15, 0.2) is 103 Å². The SMILES string of the molecule is CC[C@H](C)[C@@H]([C@@H](CC(=O)N1CCC[C@H]1[C@H](OC)[C@@H](C)C(=O)N[C@@]1(C(=O)N2Cc3ccccc3CO2)C[C@@H]1c1ccccc1)OC)N(C)[C@H](C(=O)NC(=O)[C@H](C(C)C)N(C)C(=O)OCC1c2ccccc2-c2ccccc21)C(C)C. The molecule has 0 radical (unpaired) electrons. The van der Waals surface area contributed by atoms with E-state index < -0.39 is 65.7 Å². The second-order valence-corrected chi connectivity index (χ2v) is 23.0. The van der Waals surface area contributed by atoms with Crippen LogP contribution >= 0.6 is 0 Å². The highest BCUT2D eigenvalue weighted by molar-refractivity contribution is 6.01. The van der Waals surface area contributed by atoms with E-state index >= 15 is 0 Å². The molecule has 16 heteroatoms. The summed E-state index contributed by atoms with van der Waals surface area (Å²) in [5, 5.41) is 7.25. The first-order chi connectivity index (χ1) is 37.9. The third-order valence-corrected chi connectivity index (χ3v) is 17.4. The number of ether oxygens (including phenoxy) is 3. The standard InChI is InChI=1S/C63H82N6O10/c1-12-40(6)56(66(8)54(38(2)3)59(72)64-60(73)55(39(4)5)67(9)62(75)78-37-49-47-29-20-18-27-45(47)46-28-19-21-30-48(46)49)52(76-10)33-53(70)68-32-22-31-51(68)57(77-11)41(7)58(71)65-63(34-50(63)42-23-14-13-15-24-42)61(74)69-35-43-25-16-17-26-44(43)36-79-69/h13-21,23-30,38-41,49-52,54-57H,12,22,31-37H2,1-11H3,(H,65,71)(H,64,72,73)/t40-,41+,50+,51-,52+,54-,55-,56-,57+,63-/m0/s1. The number of amides is 6. The molecule has 2 heterocycles. The van der Waals surface area contributed by atoms with Crippen molar-refractivity contribution < 1.29 is 47.8 Å². The minimum absolute atomic E-state index is 0.0234. The number of hydrogen-bond acceptors (Lipinski definition) is 11. The average Bonchev–Trinajstić information content (AvgIpc) is 3.24. The Labute approximate surface area is 466 Å². The predicted molar refractivity (Wildman–Crippen MR) is 301 cm³/mol. The van der Waals surface area contributed by atoms with Crippen LogP contribution in [0.4, 0.5) is 4.79 Å². The molecule has 2 aliphatic carbocycles. The summed E-state index contributed by atoms with van der Waals surface area (Å²) in [6.07, 6.45) is 0.319. The van der Waals surface area contributed by atoms with Crippen molar-refractivity contribution in [1.82, 2.24) is 30.4 Å². The van der Waals surface area contributed by atoms with Gasteiger partial charge in [-0.25, -0.2) is 9.86 Å². The van der Waals surface area contributed by atoms with Crippen molar-refractivity contribution in [2.24, 2.45) is 23.7 Å². The molecule has 424 valence electrons. The molecule has 2 N–H and O–H groups in total. The Kier molecular flexibility index (Phi) is 18.8. The van der Waals surface area contributed by atoms with Crippen molar-refractivity contribution in [2.75, 3.05) is 41.5 Å². The number of imide groups is 1. The number of likely N-dealkylation sites (tertiary alicyclic amines) is 1. The number of carbonyl (C=O) groups is 6. The lowest BCUT2D eigenvalue weighted by Gasteiger charge is -2.43. The van der Waals surface area contributed by atoms with Gasteiger partial charge in [0, 0.05) is 45.7 Å². The lowest BCUT2D eigenvalue weighted by atomic mass is 9.87. The van der Waals surface area contributed by atoms with Crippen LogP contribution < -0.4 is 10.6 Å². The van der Waals surface area contributed by atoms with Crippen molar-refractivity contribution in [3.8, 4) is 11.1 Å². The van der Waals surface area contributed by atoms with Crippen LogP contribution in [-0.2, 0) is 56.2 Å². The molecular weight excluding hydrogens is 1000 g/mol. The molecule has 0 bridgehead atoms. The van der Waals surface area contributed by atoms with E-state index in [1.165, 1.54) is 17.0 Å². The highest BCUT2D eigenvalue weighted by atomic mass is 16.7. The first-order valence-corrected chi connectivity index (χ1v) is 28.2. The van der Waals surface area contributed by atoms with E-state index in [9.17, 15) is 28.8 Å². The summed E-state index contributed by atoms with van der Waals surface area (Å²) >= 11 is 0. The van der Waals surface area contributed by atoms with Gasteiger partial charge in [0.05, 0.1) is 43.2 Å². The molecule has 6 amide bonds. The number of benzene rings is 4. The number of rotatable bonds is 22. The van der Waals surface area contributed by atoms with Crippen LogP contribution in [0.5, 0.6) is 0 Å². The number of hydrogen-bond donors (Lipinski definition) is 2. The van der Waals surface area contributed by atoms with Crippen LogP contribution in [0.2, 0.25) is 0 Å². The van der Waals surface area contributed by atoms with Crippen LogP contribution in [0.25, 0.3) is 11.1 Å². The Morgan fingerprint density at radius 3 is 1.95 bits per heavy atom. The highest BCUT2D eigenvalue weighted by Gasteiger charge is 2.64. The summed E-state index contributed by atoms with van der Waals surface area (Å²) in [6, 6.07) is 30.9. The molecule has 2 aliphatic heterocycles. The van der Waals surface area contributed by atoms with Crippen molar-refractivity contribution in [3.63, 3.8) is 0 Å². The zero-order chi connectivity index (χ0) is 56.9. The molecule has 79 heavy (non-hydrogen) atoms. The Morgan fingerprint density at radius 2 is 1.34 bits per heavy atom. The molecule has 4 aromatic carbocycles. The third kappa shape index (κ3) is 12.2. The Balaban J connectivity index is 0.925. The molecular formula is C63H82N6O10. The molecule has 0 unspecified atom stereocenters. The van der Waals surface area contributed by atoms with Gasteiger partial charge in [-0.2, -0.15) is 0 Å². The van der Waals surface area contributed by atoms with E-state index in [-0.39, 0.29) is 73.5 Å². The lowest BCUT2D eigenvalue weighted by molar-refractivity contribution is -0.204. The molecule has 8 rings (SSSR count). The minimum atomic E-state index is -1.24. The molecule has 1 saturated heterocycles. The monoisotopic (exact) mass is 1080 g/mol. The molecule has 10 atom stereocenters. The van der Waals surface area contributed by atoms with Gasteiger partial charge in [-0.1, -0.05) is 158 Å². The number of carbonyl (C=O) groups excluding carboxylic acids is 6. The maximum absolute atomic E-state index is 14.8. The van der Waals surface area contributed by atoms with Crippen molar-refractivity contribution in [3.05, 3.63) is 131 Å². The maximum atomic E-state index is 14.8. The summed E-state index contributed by atoms with van der Waals surface area (Å²) in [5.74, 6) is -3.92.